The first-order chi connectivity index (χ1) is 16.2. The number of halogens is 2. The Morgan fingerprint density at radius 1 is 1.06 bits per heavy atom. The van der Waals surface area contributed by atoms with Gasteiger partial charge in [0.05, 0.1) is 23.3 Å². The lowest BCUT2D eigenvalue weighted by Gasteiger charge is -2.41. The van der Waals surface area contributed by atoms with E-state index in [1.54, 1.807) is 6.20 Å². The standard InChI is InChI=1S/C27H26Cl2N4S/c1-16-15-27(2,3)32(4)23-14-21(29)20(13-19(16)23)25-24(22-7-5-6-12-30-22)31-26(34)33(25)18-10-8-17(28)9-11-18/h5-15,24-25H,1-4H3,(H,31,34). The van der Waals surface area contributed by atoms with Crippen LogP contribution < -0.4 is 15.1 Å². The van der Waals surface area contributed by atoms with Gasteiger partial charge in [-0.15, -0.1) is 0 Å². The minimum absolute atomic E-state index is 0.0930. The average molecular weight is 510 g/mol. The Kier molecular flexibility index (Phi) is 5.83. The van der Waals surface area contributed by atoms with Crippen LogP contribution in [0.2, 0.25) is 10.0 Å². The van der Waals surface area contributed by atoms with Crippen LogP contribution in [0, 0.1) is 0 Å². The molecule has 2 unspecified atom stereocenters. The normalized spacial score (nSPS) is 21.2. The van der Waals surface area contributed by atoms with Gasteiger partial charge in [0.25, 0.3) is 0 Å². The van der Waals surface area contributed by atoms with E-state index in [0.717, 1.165) is 22.6 Å². The van der Waals surface area contributed by atoms with Crippen molar-refractivity contribution < 1.29 is 0 Å². The number of aromatic nitrogens is 1. The number of likely N-dealkylation sites (N-methyl/N-ethyl adjacent to an activating group) is 1. The maximum absolute atomic E-state index is 7.04. The highest BCUT2D eigenvalue weighted by molar-refractivity contribution is 7.80. The number of anilines is 2. The first-order valence-corrected chi connectivity index (χ1v) is 12.4. The van der Waals surface area contributed by atoms with Crippen LogP contribution in [0.1, 0.15) is 49.7 Å². The van der Waals surface area contributed by atoms with Crippen molar-refractivity contribution in [2.75, 3.05) is 16.8 Å². The van der Waals surface area contributed by atoms with Gasteiger partial charge in [-0.3, -0.25) is 4.98 Å². The molecule has 1 aromatic heterocycles. The summed E-state index contributed by atoms with van der Waals surface area (Å²) in [7, 11) is 2.11. The molecule has 34 heavy (non-hydrogen) atoms. The number of thiocarbonyl (C=S) groups is 1. The second-order valence-electron chi connectivity index (χ2n) is 9.40. The topological polar surface area (TPSA) is 31.4 Å². The van der Waals surface area contributed by atoms with E-state index in [1.807, 2.05) is 42.5 Å². The number of benzene rings is 2. The highest BCUT2D eigenvalue weighted by atomic mass is 35.5. The zero-order valence-corrected chi connectivity index (χ0v) is 21.8. The molecule has 2 atom stereocenters. The summed E-state index contributed by atoms with van der Waals surface area (Å²) in [6.45, 7) is 6.58. The lowest BCUT2D eigenvalue weighted by atomic mass is 9.86. The summed E-state index contributed by atoms with van der Waals surface area (Å²) >= 11 is 19.1. The van der Waals surface area contributed by atoms with E-state index in [1.165, 1.54) is 11.1 Å². The van der Waals surface area contributed by atoms with Crippen molar-refractivity contribution in [3.8, 4) is 0 Å². The Morgan fingerprint density at radius 2 is 1.79 bits per heavy atom. The van der Waals surface area contributed by atoms with E-state index >= 15 is 0 Å². The van der Waals surface area contributed by atoms with Gasteiger partial charge < -0.3 is 15.1 Å². The predicted octanol–water partition coefficient (Wildman–Crippen LogP) is 7.20. The third kappa shape index (κ3) is 3.86. The van der Waals surface area contributed by atoms with Gasteiger partial charge in [-0.05, 0) is 92.7 Å². The molecule has 0 radical (unpaired) electrons. The van der Waals surface area contributed by atoms with Gasteiger partial charge in [0.2, 0.25) is 0 Å². The number of fused-ring (bicyclic) bond motifs is 1. The van der Waals surface area contributed by atoms with Crippen molar-refractivity contribution >= 4 is 57.5 Å². The summed E-state index contributed by atoms with van der Waals surface area (Å²) < 4.78 is 0. The zero-order valence-electron chi connectivity index (χ0n) is 19.5. The van der Waals surface area contributed by atoms with E-state index in [4.69, 9.17) is 35.4 Å². The van der Waals surface area contributed by atoms with Gasteiger partial charge in [0, 0.05) is 40.2 Å². The molecule has 2 aliphatic rings. The Bertz CT molecular complexity index is 1290. The van der Waals surface area contributed by atoms with E-state index in [2.05, 4.69) is 66.1 Å². The van der Waals surface area contributed by atoms with Gasteiger partial charge in [0.15, 0.2) is 5.11 Å². The summed E-state index contributed by atoms with van der Waals surface area (Å²) in [5.41, 5.74) is 6.30. The van der Waals surface area contributed by atoms with Crippen molar-refractivity contribution in [3.63, 3.8) is 0 Å². The van der Waals surface area contributed by atoms with Gasteiger partial charge in [-0.2, -0.15) is 0 Å². The molecule has 0 amide bonds. The fourth-order valence-electron chi connectivity index (χ4n) is 4.97. The monoisotopic (exact) mass is 508 g/mol. The first-order valence-electron chi connectivity index (χ1n) is 11.2. The Morgan fingerprint density at radius 3 is 2.47 bits per heavy atom. The number of rotatable bonds is 3. The smallest absolute Gasteiger partial charge is 0.174 e. The number of hydrogen-bond donors (Lipinski definition) is 1. The van der Waals surface area contributed by atoms with Crippen molar-refractivity contribution in [1.29, 1.82) is 0 Å². The molecule has 1 fully saturated rings. The van der Waals surface area contributed by atoms with Gasteiger partial charge in [0.1, 0.15) is 0 Å². The summed E-state index contributed by atoms with van der Waals surface area (Å²) in [4.78, 5) is 9.04. The zero-order chi connectivity index (χ0) is 24.2. The highest BCUT2D eigenvalue weighted by Crippen LogP contribution is 2.47. The molecule has 0 bridgehead atoms. The van der Waals surface area contributed by atoms with Gasteiger partial charge in [-0.1, -0.05) is 35.3 Å². The molecule has 2 aromatic carbocycles. The largest absolute Gasteiger partial charge is 0.365 e. The van der Waals surface area contributed by atoms with E-state index in [-0.39, 0.29) is 17.6 Å². The van der Waals surface area contributed by atoms with Crippen molar-refractivity contribution in [3.05, 3.63) is 93.7 Å². The Hall–Kier alpha value is -2.60. The molecule has 3 heterocycles. The number of nitrogens with zero attached hydrogens (tertiary/aromatic N) is 3. The number of hydrogen-bond acceptors (Lipinski definition) is 3. The molecule has 1 saturated heterocycles. The highest BCUT2D eigenvalue weighted by Gasteiger charge is 2.42. The predicted molar refractivity (Wildman–Crippen MR) is 147 cm³/mol. The van der Waals surface area contributed by atoms with Crippen molar-refractivity contribution in [2.45, 2.75) is 38.4 Å². The van der Waals surface area contributed by atoms with Crippen LogP contribution in [0.25, 0.3) is 5.57 Å². The maximum Gasteiger partial charge on any atom is 0.174 e. The second-order valence-corrected chi connectivity index (χ2v) is 10.6. The molecule has 174 valence electrons. The molecular weight excluding hydrogens is 483 g/mol. The molecule has 4 nitrogen and oxygen atoms in total. The molecule has 0 spiro atoms. The van der Waals surface area contributed by atoms with Crippen LogP contribution in [0.5, 0.6) is 0 Å². The first kappa shape index (κ1) is 23.2. The summed E-state index contributed by atoms with van der Waals surface area (Å²) in [5, 5.41) is 5.51. The van der Waals surface area contributed by atoms with E-state index in [9.17, 15) is 0 Å². The Labute approximate surface area is 216 Å². The van der Waals surface area contributed by atoms with Crippen molar-refractivity contribution in [1.82, 2.24) is 10.3 Å². The van der Waals surface area contributed by atoms with Crippen LogP contribution >= 0.6 is 35.4 Å². The molecular formula is C27H26Cl2N4S. The third-order valence-electron chi connectivity index (χ3n) is 6.86. The van der Waals surface area contributed by atoms with Crippen LogP contribution in [0.4, 0.5) is 11.4 Å². The van der Waals surface area contributed by atoms with Crippen LogP contribution in [-0.2, 0) is 0 Å². The maximum atomic E-state index is 7.04. The fourth-order valence-corrected chi connectivity index (χ4v) is 5.71. The number of pyridine rings is 1. The van der Waals surface area contributed by atoms with Crippen molar-refractivity contribution in [2.24, 2.45) is 0 Å². The fraction of sp³-hybridized carbons (Fsp3) is 0.259. The van der Waals surface area contributed by atoms with E-state index < -0.39 is 0 Å². The molecule has 7 heteroatoms. The Balaban J connectivity index is 1.70. The minimum atomic E-state index is -0.186. The van der Waals surface area contributed by atoms with Crippen LogP contribution in [-0.4, -0.2) is 22.7 Å². The van der Waals surface area contributed by atoms with E-state index in [0.29, 0.717) is 15.2 Å². The molecule has 2 aliphatic heterocycles. The lowest BCUT2D eigenvalue weighted by Crippen LogP contribution is -2.42. The molecule has 5 rings (SSSR count). The van der Waals surface area contributed by atoms with Gasteiger partial charge >= 0.3 is 0 Å². The summed E-state index contributed by atoms with van der Waals surface area (Å²) in [6.07, 6.45) is 4.11. The molecule has 0 aliphatic carbocycles. The van der Waals surface area contributed by atoms with Gasteiger partial charge in [-0.25, -0.2) is 0 Å². The lowest BCUT2D eigenvalue weighted by molar-refractivity contribution is 0.567. The number of allylic oxidation sites excluding steroid dienone is 1. The van der Waals surface area contributed by atoms with Crippen LogP contribution in [0.15, 0.2) is 66.9 Å². The average Bonchev–Trinajstić information content (AvgIpc) is 3.15. The molecule has 1 N–H and O–H groups in total. The third-order valence-corrected chi connectivity index (χ3v) is 7.75. The van der Waals surface area contributed by atoms with Crippen LogP contribution in [0.3, 0.4) is 0 Å². The molecule has 0 saturated carbocycles. The minimum Gasteiger partial charge on any atom is -0.365 e. The SMILES string of the molecule is CC1=CC(C)(C)N(C)c2cc(Cl)c(C3C(c4ccccn4)NC(=S)N3c3ccc(Cl)cc3)cc21. The number of nitrogens with one attached hydrogen (secondary N) is 1. The summed E-state index contributed by atoms with van der Waals surface area (Å²) in [5.74, 6) is 0. The molecule has 3 aromatic rings. The second kappa shape index (κ2) is 8.56. The quantitative estimate of drug-likeness (QED) is 0.378. The summed E-state index contributed by atoms with van der Waals surface area (Å²) in [6, 6.07) is 17.6.